The van der Waals surface area contributed by atoms with E-state index in [4.69, 9.17) is 4.74 Å². The van der Waals surface area contributed by atoms with Crippen LogP contribution in [0.2, 0.25) is 0 Å². The van der Waals surface area contributed by atoms with E-state index in [2.05, 4.69) is 7.05 Å². The first-order chi connectivity index (χ1) is 12.4. The minimum atomic E-state index is -3.60. The van der Waals surface area contributed by atoms with Crippen LogP contribution >= 0.6 is 0 Å². The summed E-state index contributed by atoms with van der Waals surface area (Å²) in [5.74, 6) is -0.117. The maximum absolute atomic E-state index is 12.9. The van der Waals surface area contributed by atoms with E-state index in [-0.39, 0.29) is 16.8 Å². The molecule has 3 rings (SSSR count). The maximum atomic E-state index is 12.9. The van der Waals surface area contributed by atoms with Gasteiger partial charge in [-0.3, -0.25) is 4.79 Å². The van der Waals surface area contributed by atoms with Crippen molar-refractivity contribution in [3.63, 3.8) is 0 Å². The summed E-state index contributed by atoms with van der Waals surface area (Å²) in [5, 5.41) is 0. The average molecular weight is 383 g/mol. The van der Waals surface area contributed by atoms with Crippen molar-refractivity contribution in [1.82, 2.24) is 9.21 Å². The Hall–Kier alpha value is -1.48. The number of quaternary nitrogens is 1. The van der Waals surface area contributed by atoms with Gasteiger partial charge >= 0.3 is 0 Å². The number of hydrogen-bond donors (Lipinski definition) is 1. The smallest absolute Gasteiger partial charge is 0.253 e. The molecule has 1 aromatic carbocycles. The summed E-state index contributed by atoms with van der Waals surface area (Å²) in [6, 6.07) is 6.61. The number of carbonyl (C=O) groups is 1. The minimum absolute atomic E-state index is 0.117. The maximum Gasteiger partial charge on any atom is 0.253 e. The van der Waals surface area contributed by atoms with E-state index in [0.717, 1.165) is 25.9 Å². The molecule has 0 aliphatic carbocycles. The van der Waals surface area contributed by atoms with Crippen LogP contribution in [0.3, 0.4) is 0 Å². The van der Waals surface area contributed by atoms with E-state index in [0.29, 0.717) is 31.9 Å². The molecule has 26 heavy (non-hydrogen) atoms. The van der Waals surface area contributed by atoms with E-state index in [1.54, 1.807) is 23.1 Å². The van der Waals surface area contributed by atoms with Crippen LogP contribution in [0.1, 0.15) is 23.2 Å². The van der Waals surface area contributed by atoms with Gasteiger partial charge in [-0.1, -0.05) is 6.07 Å². The summed E-state index contributed by atoms with van der Waals surface area (Å²) in [4.78, 5) is 16.3. The van der Waals surface area contributed by atoms with Crippen molar-refractivity contribution < 1.29 is 22.8 Å². The van der Waals surface area contributed by atoms with Crippen molar-refractivity contribution in [2.24, 2.45) is 0 Å². The number of morpholine rings is 1. The Morgan fingerprint density at radius 3 is 2.54 bits per heavy atom. The predicted molar refractivity (Wildman–Crippen MR) is 97.8 cm³/mol. The first-order valence-corrected chi connectivity index (χ1v) is 10.6. The molecule has 8 heteroatoms. The highest BCUT2D eigenvalue weighted by Gasteiger charge is 2.29. The quantitative estimate of drug-likeness (QED) is 0.759. The molecule has 0 radical (unpaired) electrons. The average Bonchev–Trinajstić information content (AvgIpc) is 2.68. The van der Waals surface area contributed by atoms with Gasteiger partial charge in [0.05, 0.1) is 38.2 Å². The van der Waals surface area contributed by atoms with Crippen molar-refractivity contribution in [3.8, 4) is 0 Å². The molecular formula is C18H28N3O4S+. The Morgan fingerprint density at radius 2 is 1.88 bits per heavy atom. The van der Waals surface area contributed by atoms with Gasteiger partial charge in [-0.05, 0) is 18.2 Å². The molecule has 1 amide bonds. The first kappa shape index (κ1) is 19.3. The lowest BCUT2D eigenvalue weighted by molar-refractivity contribution is -0.885. The van der Waals surface area contributed by atoms with Gasteiger partial charge in [0, 0.05) is 44.6 Å². The number of benzene rings is 1. The van der Waals surface area contributed by atoms with Crippen molar-refractivity contribution in [3.05, 3.63) is 29.8 Å². The molecule has 0 spiro atoms. The molecule has 2 fully saturated rings. The molecule has 2 heterocycles. The van der Waals surface area contributed by atoms with E-state index >= 15 is 0 Å². The Bertz CT molecular complexity index is 739. The molecule has 0 atom stereocenters. The van der Waals surface area contributed by atoms with E-state index in [1.165, 1.54) is 15.3 Å². The van der Waals surface area contributed by atoms with Gasteiger partial charge in [0.1, 0.15) is 0 Å². The standard InChI is InChI=1S/C18H27N3O4S/c1-19-8-6-16(7-9-19)20(2)18(22)15-4-3-5-17(14-15)26(23,24)21-10-12-25-13-11-21/h3-5,14,16H,6-13H2,1-2H3/p+1. The van der Waals surface area contributed by atoms with Crippen LogP contribution in [0.15, 0.2) is 29.2 Å². The molecule has 2 saturated heterocycles. The highest BCUT2D eigenvalue weighted by Crippen LogP contribution is 2.20. The second-order valence-electron chi connectivity index (χ2n) is 7.15. The molecule has 0 aromatic heterocycles. The van der Waals surface area contributed by atoms with Crippen LogP contribution in [0.5, 0.6) is 0 Å². The number of hydrogen-bond acceptors (Lipinski definition) is 4. The molecule has 2 aliphatic heterocycles. The second-order valence-corrected chi connectivity index (χ2v) is 9.09. The fourth-order valence-corrected chi connectivity index (χ4v) is 5.03. The van der Waals surface area contributed by atoms with Gasteiger partial charge in [0.25, 0.3) is 5.91 Å². The van der Waals surface area contributed by atoms with Crippen LogP contribution in [-0.4, -0.2) is 83.1 Å². The van der Waals surface area contributed by atoms with Crippen LogP contribution < -0.4 is 4.90 Å². The van der Waals surface area contributed by atoms with E-state index < -0.39 is 10.0 Å². The lowest BCUT2D eigenvalue weighted by atomic mass is 10.0. The number of likely N-dealkylation sites (tertiary alicyclic amines) is 1. The van der Waals surface area contributed by atoms with E-state index in [1.807, 2.05) is 7.05 Å². The van der Waals surface area contributed by atoms with Crippen LogP contribution in [0, 0.1) is 0 Å². The molecule has 0 bridgehead atoms. The van der Waals surface area contributed by atoms with Crippen molar-refractivity contribution in [1.29, 1.82) is 0 Å². The zero-order valence-corrected chi connectivity index (χ0v) is 16.3. The number of amides is 1. The molecular weight excluding hydrogens is 354 g/mol. The number of sulfonamides is 1. The van der Waals surface area contributed by atoms with Crippen molar-refractivity contribution >= 4 is 15.9 Å². The van der Waals surface area contributed by atoms with Crippen LogP contribution in [0.25, 0.3) is 0 Å². The SMILES string of the molecule is CN(C(=O)c1cccc(S(=O)(=O)N2CCOCC2)c1)C1CC[NH+](C)CC1. The third-order valence-corrected chi connectivity index (χ3v) is 7.26. The molecule has 1 aromatic rings. The normalized spacial score (nSPS) is 25.0. The summed E-state index contributed by atoms with van der Waals surface area (Å²) in [7, 11) is 0.384. The first-order valence-electron chi connectivity index (χ1n) is 9.16. The minimum Gasteiger partial charge on any atom is -0.379 e. The summed E-state index contributed by atoms with van der Waals surface area (Å²) in [6.07, 6.45) is 1.94. The number of nitrogens with zero attached hydrogens (tertiary/aromatic N) is 2. The van der Waals surface area contributed by atoms with Gasteiger partial charge in [0.15, 0.2) is 0 Å². The number of nitrogens with one attached hydrogen (secondary N) is 1. The molecule has 0 unspecified atom stereocenters. The number of ether oxygens (including phenoxy) is 1. The van der Waals surface area contributed by atoms with Gasteiger partial charge in [-0.2, -0.15) is 4.31 Å². The molecule has 7 nitrogen and oxygen atoms in total. The topological polar surface area (TPSA) is 71.4 Å². The zero-order valence-electron chi connectivity index (χ0n) is 15.5. The highest BCUT2D eigenvalue weighted by molar-refractivity contribution is 7.89. The van der Waals surface area contributed by atoms with Gasteiger partial charge in [0.2, 0.25) is 10.0 Å². The Balaban J connectivity index is 1.77. The molecule has 2 aliphatic rings. The number of carbonyl (C=O) groups excluding carboxylic acids is 1. The molecule has 1 N–H and O–H groups in total. The zero-order chi connectivity index (χ0) is 18.7. The van der Waals surface area contributed by atoms with Crippen molar-refractivity contribution in [2.75, 3.05) is 53.5 Å². The van der Waals surface area contributed by atoms with Gasteiger partial charge in [-0.25, -0.2) is 8.42 Å². The second kappa shape index (κ2) is 8.04. The summed E-state index contributed by atoms with van der Waals surface area (Å²) in [6.45, 7) is 3.59. The lowest BCUT2D eigenvalue weighted by Crippen LogP contribution is -3.10. The molecule has 0 saturated carbocycles. The van der Waals surface area contributed by atoms with E-state index in [9.17, 15) is 13.2 Å². The summed E-state index contributed by atoms with van der Waals surface area (Å²) >= 11 is 0. The summed E-state index contributed by atoms with van der Waals surface area (Å²) < 4.78 is 32.3. The highest BCUT2D eigenvalue weighted by atomic mass is 32.2. The molecule has 144 valence electrons. The Morgan fingerprint density at radius 1 is 1.23 bits per heavy atom. The summed E-state index contributed by atoms with van der Waals surface area (Å²) in [5.41, 5.74) is 0.424. The Labute approximate surface area is 155 Å². The third-order valence-electron chi connectivity index (χ3n) is 5.37. The predicted octanol–water partition coefficient (Wildman–Crippen LogP) is -0.543. The fraction of sp³-hybridized carbons (Fsp3) is 0.611. The lowest BCUT2D eigenvalue weighted by Gasteiger charge is -2.33. The Kier molecular flexibility index (Phi) is 5.96. The third kappa shape index (κ3) is 4.09. The monoisotopic (exact) mass is 382 g/mol. The largest absolute Gasteiger partial charge is 0.379 e. The van der Waals surface area contributed by atoms with Crippen LogP contribution in [0.4, 0.5) is 0 Å². The number of piperidine rings is 1. The van der Waals surface area contributed by atoms with Crippen LogP contribution in [-0.2, 0) is 14.8 Å². The van der Waals surface area contributed by atoms with Gasteiger partial charge in [-0.15, -0.1) is 0 Å². The van der Waals surface area contributed by atoms with Gasteiger partial charge < -0.3 is 14.5 Å². The fourth-order valence-electron chi connectivity index (χ4n) is 3.58. The number of rotatable bonds is 4. The van der Waals surface area contributed by atoms with Crippen molar-refractivity contribution in [2.45, 2.75) is 23.8 Å².